The van der Waals surface area contributed by atoms with Gasteiger partial charge in [-0.05, 0) is 56.4 Å². The van der Waals surface area contributed by atoms with E-state index in [1.54, 1.807) is 13.8 Å². The lowest BCUT2D eigenvalue weighted by molar-refractivity contribution is -0.152. The normalized spacial score (nSPS) is 14.5. The summed E-state index contributed by atoms with van der Waals surface area (Å²) in [4.78, 5) is 42.9. The first-order valence-corrected chi connectivity index (χ1v) is 14.6. The molecule has 0 spiro atoms. The van der Waals surface area contributed by atoms with Gasteiger partial charge in [-0.1, -0.05) is 60.7 Å². The summed E-state index contributed by atoms with van der Waals surface area (Å²) in [6, 6.07) is 18.2. The number of rotatable bonds is 12. The largest absolute Gasteiger partial charge is 0.492 e. The van der Waals surface area contributed by atoms with Gasteiger partial charge in [0.2, 0.25) is 17.7 Å². The summed E-state index contributed by atoms with van der Waals surface area (Å²) < 4.78 is 12.4. The fourth-order valence-corrected chi connectivity index (χ4v) is 4.98. The van der Waals surface area contributed by atoms with Crippen LogP contribution in [0.4, 0.5) is 0 Å². The molecule has 1 heterocycles. The molecular formula is C34H40N2O8. The van der Waals surface area contributed by atoms with E-state index in [0.717, 1.165) is 22.3 Å². The summed E-state index contributed by atoms with van der Waals surface area (Å²) in [6.45, 7) is 7.35. The maximum Gasteiger partial charge on any atom is 0.336 e. The molecule has 3 aromatic rings. The molecule has 44 heavy (non-hydrogen) atoms. The molecule has 1 aromatic heterocycles. The van der Waals surface area contributed by atoms with Crippen molar-refractivity contribution in [2.24, 2.45) is 0 Å². The molecule has 1 amide bonds. The van der Waals surface area contributed by atoms with Gasteiger partial charge in [-0.3, -0.25) is 9.59 Å². The zero-order valence-corrected chi connectivity index (χ0v) is 25.5. The van der Waals surface area contributed by atoms with Gasteiger partial charge >= 0.3 is 11.9 Å². The summed E-state index contributed by atoms with van der Waals surface area (Å²) in [7, 11) is 0. The number of carbonyl (C=O) groups is 3. The molecular weight excluding hydrogens is 564 g/mol. The molecule has 1 atom stereocenters. The number of fused-ring (bicyclic) bond motifs is 2. The lowest BCUT2D eigenvalue weighted by atomic mass is 9.91. The van der Waals surface area contributed by atoms with Gasteiger partial charge in [-0.2, -0.15) is 0 Å². The van der Waals surface area contributed by atoms with Crippen LogP contribution in [0.2, 0.25) is 0 Å². The maximum absolute atomic E-state index is 12.9. The summed E-state index contributed by atoms with van der Waals surface area (Å²) >= 11 is 0. The summed E-state index contributed by atoms with van der Waals surface area (Å²) in [5.74, 6) is -2.26. The Morgan fingerprint density at radius 2 is 1.50 bits per heavy atom. The molecule has 0 saturated carbocycles. The third kappa shape index (κ3) is 8.97. The number of aromatic nitrogens is 1. The van der Waals surface area contributed by atoms with Crippen molar-refractivity contribution in [2.45, 2.75) is 77.0 Å². The molecule has 10 heteroatoms. The van der Waals surface area contributed by atoms with Crippen molar-refractivity contribution >= 4 is 30.0 Å². The number of aromatic hydroxyl groups is 2. The fourth-order valence-electron chi connectivity index (χ4n) is 4.98. The Kier molecular flexibility index (Phi) is 10.2. The highest BCUT2D eigenvalue weighted by molar-refractivity contribution is 5.82. The van der Waals surface area contributed by atoms with Crippen LogP contribution >= 0.6 is 0 Å². The standard InChI is InChI=1S/C34H40N2O8/c1-33(2,19-20-42-34(3,4)22-32(41)44-36-29(38)16-17-30(36)39)35-28(37)15-18-31(40)43-27-21-25-11-6-5-9-23(25)13-14-24-10-7-8-12-26(24)27/h5-14,16-17,27,38-39H,15,18-22H2,1-4H3,(H,35,37). The van der Waals surface area contributed by atoms with E-state index in [9.17, 15) is 24.6 Å². The number of nitrogens with one attached hydrogen (secondary N) is 1. The first kappa shape index (κ1) is 32.3. The fraction of sp³-hybridized carbons (Fsp3) is 0.382. The molecule has 1 aliphatic carbocycles. The average Bonchev–Trinajstić information content (AvgIpc) is 3.25. The molecule has 10 nitrogen and oxygen atoms in total. The van der Waals surface area contributed by atoms with Crippen molar-refractivity contribution in [1.82, 2.24) is 10.0 Å². The van der Waals surface area contributed by atoms with E-state index in [1.807, 2.05) is 68.5 Å². The van der Waals surface area contributed by atoms with Gasteiger partial charge in [-0.15, -0.1) is 4.73 Å². The smallest absolute Gasteiger partial charge is 0.336 e. The number of hydrogen-bond acceptors (Lipinski definition) is 8. The van der Waals surface area contributed by atoms with Crippen LogP contribution in [0, 0.1) is 0 Å². The van der Waals surface area contributed by atoms with Gasteiger partial charge in [0.05, 0.1) is 18.4 Å². The molecule has 0 radical (unpaired) electrons. The average molecular weight is 605 g/mol. The minimum atomic E-state index is -0.911. The lowest BCUT2D eigenvalue weighted by Crippen LogP contribution is -2.45. The van der Waals surface area contributed by atoms with Gasteiger partial charge < -0.3 is 29.8 Å². The number of nitrogens with zero attached hydrogens (tertiary/aromatic N) is 1. The van der Waals surface area contributed by atoms with Crippen LogP contribution in [0.25, 0.3) is 12.2 Å². The van der Waals surface area contributed by atoms with E-state index in [0.29, 0.717) is 17.6 Å². The van der Waals surface area contributed by atoms with Crippen molar-refractivity contribution in [3.05, 3.63) is 82.9 Å². The van der Waals surface area contributed by atoms with Gasteiger partial charge in [0.1, 0.15) is 6.10 Å². The van der Waals surface area contributed by atoms with Gasteiger partial charge in [0.15, 0.2) is 0 Å². The predicted molar refractivity (Wildman–Crippen MR) is 164 cm³/mol. The molecule has 0 saturated heterocycles. The third-order valence-corrected chi connectivity index (χ3v) is 7.33. The number of carbonyl (C=O) groups excluding carboxylic acids is 3. The highest BCUT2D eigenvalue weighted by atomic mass is 16.7. The predicted octanol–water partition coefficient (Wildman–Crippen LogP) is 5.12. The van der Waals surface area contributed by atoms with Crippen molar-refractivity contribution < 1.29 is 38.9 Å². The first-order valence-electron chi connectivity index (χ1n) is 14.6. The lowest BCUT2D eigenvalue weighted by Gasteiger charge is -2.30. The molecule has 1 unspecified atom stereocenters. The van der Waals surface area contributed by atoms with Gasteiger partial charge in [-0.25, -0.2) is 4.79 Å². The molecule has 1 aliphatic rings. The van der Waals surface area contributed by atoms with Crippen molar-refractivity contribution in [3.8, 4) is 11.8 Å². The Hall–Kier alpha value is -4.57. The van der Waals surface area contributed by atoms with Gasteiger partial charge in [0, 0.05) is 37.1 Å². The highest BCUT2D eigenvalue weighted by Gasteiger charge is 2.28. The molecule has 0 bridgehead atoms. The van der Waals surface area contributed by atoms with E-state index in [1.165, 1.54) is 12.1 Å². The molecule has 234 valence electrons. The van der Waals surface area contributed by atoms with Crippen LogP contribution in [0.3, 0.4) is 0 Å². The van der Waals surface area contributed by atoms with E-state index in [2.05, 4.69) is 11.4 Å². The van der Waals surface area contributed by atoms with Crippen LogP contribution in [0.5, 0.6) is 11.8 Å². The molecule has 3 N–H and O–H groups in total. The number of benzene rings is 2. The molecule has 2 aromatic carbocycles. The van der Waals surface area contributed by atoms with E-state index >= 15 is 0 Å². The minimum absolute atomic E-state index is 0.0234. The second-order valence-electron chi connectivity index (χ2n) is 12.1. The zero-order chi connectivity index (χ0) is 31.9. The summed E-state index contributed by atoms with van der Waals surface area (Å²) in [5, 5.41) is 22.2. The molecule has 0 fully saturated rings. The van der Waals surface area contributed by atoms with E-state index in [4.69, 9.17) is 14.3 Å². The van der Waals surface area contributed by atoms with Crippen LogP contribution in [-0.4, -0.2) is 50.5 Å². The van der Waals surface area contributed by atoms with Crippen molar-refractivity contribution in [3.63, 3.8) is 0 Å². The number of esters is 1. The van der Waals surface area contributed by atoms with Crippen molar-refractivity contribution in [1.29, 1.82) is 0 Å². The quantitative estimate of drug-likeness (QED) is 0.243. The molecule has 4 rings (SSSR count). The van der Waals surface area contributed by atoms with Crippen LogP contribution < -0.4 is 10.2 Å². The maximum atomic E-state index is 12.9. The molecule has 0 aliphatic heterocycles. The van der Waals surface area contributed by atoms with Crippen LogP contribution in [-0.2, 0) is 30.3 Å². The van der Waals surface area contributed by atoms with E-state index < -0.39 is 40.9 Å². The zero-order valence-electron chi connectivity index (χ0n) is 25.5. The van der Waals surface area contributed by atoms with Crippen molar-refractivity contribution in [2.75, 3.05) is 6.61 Å². The first-order chi connectivity index (χ1) is 20.8. The van der Waals surface area contributed by atoms with Crippen LogP contribution in [0.15, 0.2) is 60.7 Å². The topological polar surface area (TPSA) is 136 Å². The second-order valence-corrected chi connectivity index (χ2v) is 12.1. The Morgan fingerprint density at radius 1 is 0.864 bits per heavy atom. The monoisotopic (exact) mass is 604 g/mol. The highest BCUT2D eigenvalue weighted by Crippen LogP contribution is 2.31. The van der Waals surface area contributed by atoms with Crippen LogP contribution in [0.1, 0.15) is 81.7 Å². The third-order valence-electron chi connectivity index (χ3n) is 7.33. The summed E-state index contributed by atoms with van der Waals surface area (Å²) in [6.07, 6.45) is 4.37. The second kappa shape index (κ2) is 13.8. The number of amides is 1. The van der Waals surface area contributed by atoms with Gasteiger partial charge in [0.25, 0.3) is 0 Å². The SMILES string of the molecule is CC(C)(CCOC(C)(C)CC(=O)On1c(O)ccc1O)NC(=O)CCC(=O)OC1Cc2ccccc2C=Cc2ccccc21. The Morgan fingerprint density at radius 3 is 2.23 bits per heavy atom. The van der Waals surface area contributed by atoms with E-state index in [-0.39, 0.29) is 31.8 Å². The number of hydrogen-bond donors (Lipinski definition) is 3. The Labute approximate surface area is 257 Å². The Balaban J connectivity index is 1.23. The Bertz CT molecular complexity index is 1500. The minimum Gasteiger partial charge on any atom is -0.492 e. The summed E-state index contributed by atoms with van der Waals surface area (Å²) in [5.41, 5.74) is 2.52. The number of ether oxygens (including phenoxy) is 2.